The Labute approximate surface area is 134 Å². The molecule has 1 saturated heterocycles. The van der Waals surface area contributed by atoms with Gasteiger partial charge in [-0.3, -0.25) is 4.79 Å². The lowest BCUT2D eigenvalue weighted by atomic mass is 10.0. The van der Waals surface area contributed by atoms with Crippen LogP contribution in [0, 0.1) is 11.6 Å². The van der Waals surface area contributed by atoms with Crippen molar-refractivity contribution in [3.63, 3.8) is 0 Å². The quantitative estimate of drug-likeness (QED) is 0.843. The number of halogens is 2. The molecule has 1 aliphatic rings. The van der Waals surface area contributed by atoms with E-state index in [9.17, 15) is 13.6 Å². The van der Waals surface area contributed by atoms with Crippen molar-refractivity contribution in [3.05, 3.63) is 35.4 Å². The Hall–Kier alpha value is -1.14. The van der Waals surface area contributed by atoms with E-state index in [2.05, 4.69) is 10.6 Å². The smallest absolute Gasteiger partial charge is 0.222 e. The van der Waals surface area contributed by atoms with Gasteiger partial charge in [0.25, 0.3) is 0 Å². The molecule has 0 aromatic heterocycles. The molecule has 6 heteroatoms. The first kappa shape index (κ1) is 17.2. The first-order valence-corrected chi connectivity index (χ1v) is 8.81. The summed E-state index contributed by atoms with van der Waals surface area (Å²) in [5.74, 6) is 0.673. The number of amides is 1. The summed E-state index contributed by atoms with van der Waals surface area (Å²) in [6, 6.07) is 3.27. The SMILES string of the molecule is CCCC(NC(=O)CC1CSCCN1)c1ccc(F)cc1F. The summed E-state index contributed by atoms with van der Waals surface area (Å²) in [6.07, 6.45) is 1.82. The monoisotopic (exact) mass is 328 g/mol. The highest BCUT2D eigenvalue weighted by molar-refractivity contribution is 7.99. The van der Waals surface area contributed by atoms with Crippen molar-refractivity contribution < 1.29 is 13.6 Å². The summed E-state index contributed by atoms with van der Waals surface area (Å²) in [4.78, 5) is 12.2. The van der Waals surface area contributed by atoms with E-state index in [4.69, 9.17) is 0 Å². The molecule has 0 spiro atoms. The van der Waals surface area contributed by atoms with Gasteiger partial charge in [-0.2, -0.15) is 11.8 Å². The molecule has 0 saturated carbocycles. The van der Waals surface area contributed by atoms with Crippen molar-refractivity contribution in [3.8, 4) is 0 Å². The highest BCUT2D eigenvalue weighted by Gasteiger charge is 2.21. The number of hydrogen-bond donors (Lipinski definition) is 2. The van der Waals surface area contributed by atoms with E-state index in [1.807, 2.05) is 18.7 Å². The fourth-order valence-electron chi connectivity index (χ4n) is 2.61. The second-order valence-electron chi connectivity index (χ2n) is 5.50. The van der Waals surface area contributed by atoms with Crippen molar-refractivity contribution >= 4 is 17.7 Å². The van der Waals surface area contributed by atoms with Crippen LogP contribution in [0.25, 0.3) is 0 Å². The Morgan fingerprint density at radius 2 is 2.32 bits per heavy atom. The molecule has 0 bridgehead atoms. The molecule has 22 heavy (non-hydrogen) atoms. The Kier molecular flexibility index (Phi) is 6.64. The molecular formula is C16H22F2N2OS. The van der Waals surface area contributed by atoms with Gasteiger partial charge in [-0.05, 0) is 12.5 Å². The Morgan fingerprint density at radius 3 is 2.95 bits per heavy atom. The second-order valence-corrected chi connectivity index (χ2v) is 6.65. The highest BCUT2D eigenvalue weighted by atomic mass is 32.2. The predicted octanol–water partition coefficient (Wildman–Crippen LogP) is 3.02. The minimum atomic E-state index is -0.606. The molecule has 122 valence electrons. The van der Waals surface area contributed by atoms with Crippen LogP contribution in [0.5, 0.6) is 0 Å². The number of carbonyl (C=O) groups excluding carboxylic acids is 1. The summed E-state index contributed by atoms with van der Waals surface area (Å²) >= 11 is 1.83. The zero-order valence-electron chi connectivity index (χ0n) is 12.7. The minimum absolute atomic E-state index is 0.0952. The highest BCUT2D eigenvalue weighted by Crippen LogP contribution is 2.23. The van der Waals surface area contributed by atoms with E-state index in [-0.39, 0.29) is 11.9 Å². The van der Waals surface area contributed by atoms with Crippen LogP contribution in [0.3, 0.4) is 0 Å². The van der Waals surface area contributed by atoms with E-state index >= 15 is 0 Å². The number of rotatable bonds is 6. The van der Waals surface area contributed by atoms with Crippen molar-refractivity contribution in [2.75, 3.05) is 18.1 Å². The third-order valence-electron chi connectivity index (χ3n) is 3.68. The zero-order valence-corrected chi connectivity index (χ0v) is 13.5. The van der Waals surface area contributed by atoms with E-state index in [0.717, 1.165) is 30.5 Å². The van der Waals surface area contributed by atoms with Gasteiger partial charge in [0.2, 0.25) is 5.91 Å². The van der Waals surface area contributed by atoms with Crippen molar-refractivity contribution in [1.82, 2.24) is 10.6 Å². The average molecular weight is 328 g/mol. The third-order valence-corrected chi connectivity index (χ3v) is 4.81. The van der Waals surface area contributed by atoms with Gasteiger partial charge >= 0.3 is 0 Å². The van der Waals surface area contributed by atoms with Crippen molar-refractivity contribution in [2.45, 2.75) is 38.3 Å². The molecule has 1 aromatic carbocycles. The summed E-state index contributed by atoms with van der Waals surface area (Å²) in [6.45, 7) is 2.88. The van der Waals surface area contributed by atoms with Gasteiger partial charge in [0, 0.05) is 42.1 Å². The average Bonchev–Trinajstić information content (AvgIpc) is 2.48. The lowest BCUT2D eigenvalue weighted by Gasteiger charge is -2.24. The summed E-state index contributed by atoms with van der Waals surface area (Å²) in [5, 5.41) is 6.20. The molecule has 2 N–H and O–H groups in total. The van der Waals surface area contributed by atoms with E-state index < -0.39 is 17.7 Å². The maximum absolute atomic E-state index is 13.9. The Bertz CT molecular complexity index is 507. The maximum atomic E-state index is 13.9. The van der Waals surface area contributed by atoms with Gasteiger partial charge in [-0.15, -0.1) is 0 Å². The van der Waals surface area contributed by atoms with Crippen LogP contribution in [-0.2, 0) is 4.79 Å². The van der Waals surface area contributed by atoms with E-state index in [1.165, 1.54) is 12.1 Å². The van der Waals surface area contributed by atoms with Gasteiger partial charge in [-0.25, -0.2) is 8.78 Å². The molecule has 1 fully saturated rings. The summed E-state index contributed by atoms with van der Waals surface area (Å²) in [7, 11) is 0. The first-order chi connectivity index (χ1) is 10.6. The predicted molar refractivity (Wildman–Crippen MR) is 85.9 cm³/mol. The van der Waals surface area contributed by atoms with Crippen LogP contribution in [0.1, 0.15) is 37.8 Å². The molecular weight excluding hydrogens is 306 g/mol. The molecule has 3 nitrogen and oxygen atoms in total. The third kappa shape index (κ3) is 4.95. The summed E-state index contributed by atoms with van der Waals surface area (Å²) in [5.41, 5.74) is 0.350. The molecule has 2 atom stereocenters. The molecule has 0 aliphatic carbocycles. The number of hydrogen-bond acceptors (Lipinski definition) is 3. The fraction of sp³-hybridized carbons (Fsp3) is 0.562. The fourth-order valence-corrected chi connectivity index (χ4v) is 3.56. The van der Waals surface area contributed by atoms with Gasteiger partial charge in [0.15, 0.2) is 0 Å². The number of carbonyl (C=O) groups is 1. The van der Waals surface area contributed by atoms with Crippen LogP contribution >= 0.6 is 11.8 Å². The summed E-state index contributed by atoms with van der Waals surface area (Å²) < 4.78 is 27.0. The van der Waals surface area contributed by atoms with Crippen LogP contribution in [-0.4, -0.2) is 30.0 Å². The van der Waals surface area contributed by atoms with Crippen molar-refractivity contribution in [1.29, 1.82) is 0 Å². The lowest BCUT2D eigenvalue weighted by molar-refractivity contribution is -0.122. The largest absolute Gasteiger partial charge is 0.349 e. The Morgan fingerprint density at radius 1 is 1.50 bits per heavy atom. The van der Waals surface area contributed by atoms with Crippen LogP contribution in [0.15, 0.2) is 18.2 Å². The first-order valence-electron chi connectivity index (χ1n) is 7.65. The van der Waals surface area contributed by atoms with E-state index in [1.54, 1.807) is 0 Å². The molecule has 2 rings (SSSR count). The maximum Gasteiger partial charge on any atom is 0.222 e. The topological polar surface area (TPSA) is 41.1 Å². The van der Waals surface area contributed by atoms with Crippen LogP contribution in [0.4, 0.5) is 8.78 Å². The van der Waals surface area contributed by atoms with Crippen molar-refractivity contribution in [2.24, 2.45) is 0 Å². The molecule has 1 aromatic rings. The second kappa shape index (κ2) is 8.48. The number of benzene rings is 1. The molecule has 1 amide bonds. The van der Waals surface area contributed by atoms with Crippen LogP contribution < -0.4 is 10.6 Å². The number of thioether (sulfide) groups is 1. The minimum Gasteiger partial charge on any atom is -0.349 e. The number of nitrogens with one attached hydrogen (secondary N) is 2. The standard InChI is InChI=1S/C16H22F2N2OS/c1-2-3-15(13-5-4-11(17)8-14(13)18)20-16(21)9-12-10-22-7-6-19-12/h4-5,8,12,15,19H,2-3,6-7,9-10H2,1H3,(H,20,21). The molecule has 1 heterocycles. The van der Waals surface area contributed by atoms with Gasteiger partial charge in [0.05, 0.1) is 6.04 Å². The van der Waals surface area contributed by atoms with Gasteiger partial charge < -0.3 is 10.6 Å². The normalized spacial score (nSPS) is 19.7. The van der Waals surface area contributed by atoms with Gasteiger partial charge in [0.1, 0.15) is 11.6 Å². The molecule has 2 unspecified atom stereocenters. The molecule has 0 radical (unpaired) electrons. The zero-order chi connectivity index (χ0) is 15.9. The molecule has 1 aliphatic heterocycles. The Balaban J connectivity index is 1.99. The van der Waals surface area contributed by atoms with E-state index in [0.29, 0.717) is 18.4 Å². The lowest BCUT2D eigenvalue weighted by Crippen LogP contribution is -2.42. The van der Waals surface area contributed by atoms with Crippen LogP contribution in [0.2, 0.25) is 0 Å². The van der Waals surface area contributed by atoms with Gasteiger partial charge in [-0.1, -0.05) is 19.4 Å².